The maximum Gasteiger partial charge on any atom is 0.278 e. The van der Waals surface area contributed by atoms with Gasteiger partial charge in [0.2, 0.25) is 15.8 Å². The Labute approximate surface area is 386 Å². The van der Waals surface area contributed by atoms with Gasteiger partial charge in [-0.1, -0.05) is 113 Å². The summed E-state index contributed by atoms with van der Waals surface area (Å²) >= 11 is 0. The number of amides is 1. The number of rotatable bonds is 26. The first kappa shape index (κ1) is 50.7. The third kappa shape index (κ3) is 14.1. The van der Waals surface area contributed by atoms with Crippen molar-refractivity contribution in [1.82, 2.24) is 9.29 Å². The molecule has 0 unspecified atom stereocenters. The van der Waals surface area contributed by atoms with Gasteiger partial charge in [-0.3, -0.25) is 9.59 Å². The Bertz CT molecular complexity index is 2660. The zero-order chi connectivity index (χ0) is 47.1. The summed E-state index contributed by atoms with van der Waals surface area (Å²) in [4.78, 5) is 37.0. The highest BCUT2D eigenvalue weighted by atomic mass is 32.2. The van der Waals surface area contributed by atoms with E-state index < -0.39 is 31.6 Å². The molecule has 5 aromatic rings. The van der Waals surface area contributed by atoms with Gasteiger partial charge in [0.05, 0.1) is 45.6 Å². The Hall–Kier alpha value is -5.31. The highest BCUT2D eigenvalue weighted by Gasteiger charge is 2.31. The summed E-state index contributed by atoms with van der Waals surface area (Å²) in [6, 6.07) is 26.9. The average molecular weight is 926 g/mol. The quantitative estimate of drug-likeness (QED) is 0.0240. The number of likely N-dealkylation sites (N-methyl/N-ethyl adjacent to an activating group) is 1. The molecule has 14 heteroatoms. The van der Waals surface area contributed by atoms with Gasteiger partial charge in [0.25, 0.3) is 5.91 Å². The molecule has 0 aliphatic heterocycles. The topological polar surface area (TPSA) is 156 Å². The molecule has 0 aliphatic rings. The molecule has 1 amide bonds. The highest BCUT2D eigenvalue weighted by molar-refractivity contribution is 7.91. The number of ketones is 1. The number of nitrogens with one attached hydrogen (secondary N) is 2. The van der Waals surface area contributed by atoms with Crippen LogP contribution in [0.4, 0.5) is 17.1 Å². The lowest BCUT2D eigenvalue weighted by Gasteiger charge is -2.24. The SMILES string of the molecule is CCCCCCCCCCCCS(=O)(=O)c1ccc(NC(=O)C(=Nc2ccc(N(CC)CCNS(C)(=O)=O)cc2C)C(=O)c2c(-c3ccccc3)n(C)c3ccccc23)c(OC(C)C)c1. The largest absolute Gasteiger partial charge is 0.489 e. The average Bonchev–Trinajstić information content (AvgIpc) is 3.57. The van der Waals surface area contributed by atoms with Crippen molar-refractivity contribution in [3.05, 3.63) is 102 Å². The van der Waals surface area contributed by atoms with E-state index in [-0.39, 0.29) is 40.4 Å². The number of unbranched alkanes of at least 4 members (excludes halogenated alkanes) is 9. The summed E-state index contributed by atoms with van der Waals surface area (Å²) in [6.45, 7) is 10.9. The number of aryl methyl sites for hydroxylation is 2. The molecule has 0 bridgehead atoms. The van der Waals surface area contributed by atoms with E-state index in [0.717, 1.165) is 42.3 Å². The standard InChI is InChI=1S/C51H67N5O7S2/c1-8-10-11-12-13-14-15-16-17-23-34-65(61,62)41-29-31-44(46(36-41)63-37(3)4)54-51(58)48(53-43-30-28-40(35-38(43)5)56(9-2)33-32-52-64(7,59)60)50(57)47-42-26-21-22-27-45(42)55(6)49(47)39-24-19-18-20-25-39/h18-22,24-31,35-37,52H,8-17,23,32-34H2,1-7H3,(H,54,58). The van der Waals surface area contributed by atoms with Crippen LogP contribution in [0.15, 0.2) is 101 Å². The molecule has 65 heavy (non-hydrogen) atoms. The van der Waals surface area contributed by atoms with E-state index >= 15 is 4.79 Å². The molecule has 12 nitrogen and oxygen atoms in total. The second-order valence-corrected chi connectivity index (χ2v) is 20.9. The van der Waals surface area contributed by atoms with Crippen molar-refractivity contribution in [2.45, 2.75) is 110 Å². The van der Waals surface area contributed by atoms with Crippen molar-refractivity contribution in [3.63, 3.8) is 0 Å². The molecule has 1 heterocycles. The lowest BCUT2D eigenvalue weighted by Crippen LogP contribution is -2.34. The number of anilines is 2. The number of carbonyl (C=O) groups is 2. The predicted molar refractivity (Wildman–Crippen MR) is 266 cm³/mol. The van der Waals surface area contributed by atoms with Crippen LogP contribution >= 0.6 is 0 Å². The maximum atomic E-state index is 15.2. The fourth-order valence-corrected chi connectivity index (χ4v) is 9.87. The normalized spacial score (nSPS) is 12.2. The summed E-state index contributed by atoms with van der Waals surface area (Å²) in [5, 5.41) is 3.53. The van der Waals surface area contributed by atoms with Gasteiger partial charge in [-0.25, -0.2) is 26.6 Å². The first-order valence-corrected chi connectivity index (χ1v) is 26.5. The van der Waals surface area contributed by atoms with Gasteiger partial charge in [-0.15, -0.1) is 0 Å². The van der Waals surface area contributed by atoms with Crippen molar-refractivity contribution in [2.75, 3.05) is 41.9 Å². The highest BCUT2D eigenvalue weighted by Crippen LogP contribution is 2.36. The third-order valence-corrected chi connectivity index (χ3v) is 13.9. The number of hydrogen-bond acceptors (Lipinski definition) is 9. The minimum atomic E-state index is -3.66. The van der Waals surface area contributed by atoms with E-state index in [1.807, 2.05) is 111 Å². The number of carbonyl (C=O) groups excluding carboxylic acids is 2. The number of aliphatic imine (C=N–C) groups is 1. The Balaban J connectivity index is 1.50. The molecular formula is C51H67N5O7S2. The van der Waals surface area contributed by atoms with Crippen LogP contribution < -0.4 is 19.7 Å². The van der Waals surface area contributed by atoms with E-state index in [1.54, 1.807) is 6.07 Å². The summed E-state index contributed by atoms with van der Waals surface area (Å²) in [7, 11) is -5.14. The van der Waals surface area contributed by atoms with E-state index in [2.05, 4.69) is 17.0 Å². The van der Waals surface area contributed by atoms with Crippen LogP contribution in [-0.4, -0.2) is 76.6 Å². The van der Waals surface area contributed by atoms with Crippen molar-refractivity contribution in [3.8, 4) is 17.0 Å². The Morgan fingerprint density at radius 2 is 1.45 bits per heavy atom. The van der Waals surface area contributed by atoms with Crippen LogP contribution in [0.5, 0.6) is 5.75 Å². The number of sulfonamides is 1. The third-order valence-electron chi connectivity index (χ3n) is 11.4. The van der Waals surface area contributed by atoms with E-state index in [0.29, 0.717) is 47.4 Å². The molecule has 0 radical (unpaired) electrons. The molecule has 0 saturated carbocycles. The maximum absolute atomic E-state index is 15.2. The number of nitrogens with zero attached hydrogens (tertiary/aromatic N) is 3. The zero-order valence-electron chi connectivity index (χ0n) is 39.2. The summed E-state index contributed by atoms with van der Waals surface area (Å²) in [6.07, 6.45) is 11.7. The van der Waals surface area contributed by atoms with Gasteiger partial charge in [-0.05, 0) is 81.6 Å². The molecule has 1 aromatic heterocycles. The van der Waals surface area contributed by atoms with E-state index in [4.69, 9.17) is 9.73 Å². The number of sulfone groups is 1. The number of fused-ring (bicyclic) bond motifs is 1. The molecular weight excluding hydrogens is 859 g/mol. The molecule has 0 atom stereocenters. The molecule has 350 valence electrons. The minimum absolute atomic E-state index is 0.00209. The molecule has 4 aromatic carbocycles. The first-order valence-electron chi connectivity index (χ1n) is 23.0. The second-order valence-electron chi connectivity index (χ2n) is 17.0. The first-order chi connectivity index (χ1) is 31.0. The Morgan fingerprint density at radius 3 is 2.08 bits per heavy atom. The number of aromatic nitrogens is 1. The Kier molecular flexibility index (Phi) is 18.5. The molecule has 0 fully saturated rings. The fraction of sp³-hybridized carbons (Fsp3) is 0.431. The predicted octanol–water partition coefficient (Wildman–Crippen LogP) is 10.6. The van der Waals surface area contributed by atoms with Crippen molar-refractivity contribution < 1.29 is 31.2 Å². The van der Waals surface area contributed by atoms with Crippen LogP contribution in [-0.2, 0) is 31.7 Å². The van der Waals surface area contributed by atoms with Crippen LogP contribution in [0.1, 0.15) is 108 Å². The number of benzene rings is 4. The zero-order valence-corrected chi connectivity index (χ0v) is 40.8. The van der Waals surface area contributed by atoms with Gasteiger partial charge < -0.3 is 19.5 Å². The van der Waals surface area contributed by atoms with E-state index in [9.17, 15) is 21.6 Å². The lowest BCUT2D eigenvalue weighted by atomic mass is 9.98. The Morgan fingerprint density at radius 1 is 0.800 bits per heavy atom. The molecule has 0 aliphatic carbocycles. The number of hydrogen-bond donors (Lipinski definition) is 2. The summed E-state index contributed by atoms with van der Waals surface area (Å²) in [5.41, 5.74) is 4.18. The second kappa shape index (κ2) is 23.7. The van der Waals surface area contributed by atoms with Crippen molar-refractivity contribution in [2.24, 2.45) is 12.0 Å². The van der Waals surface area contributed by atoms with Gasteiger partial charge in [0.15, 0.2) is 15.5 Å². The van der Waals surface area contributed by atoms with Gasteiger partial charge in [-0.2, -0.15) is 0 Å². The number of para-hydroxylation sites is 1. The van der Waals surface area contributed by atoms with Gasteiger partial charge in [0.1, 0.15) is 5.75 Å². The fourth-order valence-electron chi connectivity index (χ4n) is 8.03. The summed E-state index contributed by atoms with van der Waals surface area (Å²) < 4.78 is 61.3. The van der Waals surface area contributed by atoms with Crippen molar-refractivity contribution >= 4 is 65.2 Å². The minimum Gasteiger partial charge on any atom is -0.489 e. The smallest absolute Gasteiger partial charge is 0.278 e. The lowest BCUT2D eigenvalue weighted by molar-refractivity contribution is -0.110. The van der Waals surface area contributed by atoms with Crippen molar-refractivity contribution in [1.29, 1.82) is 0 Å². The molecule has 2 N–H and O–H groups in total. The monoisotopic (exact) mass is 925 g/mol. The van der Waals surface area contributed by atoms with Gasteiger partial charge in [0, 0.05) is 49.3 Å². The van der Waals surface area contributed by atoms with Gasteiger partial charge >= 0.3 is 0 Å². The molecule has 0 spiro atoms. The van der Waals surface area contributed by atoms with Crippen LogP contribution in [0.2, 0.25) is 0 Å². The number of ether oxygens (including phenoxy) is 1. The molecule has 0 saturated heterocycles. The van der Waals surface area contributed by atoms with Crippen LogP contribution in [0, 0.1) is 6.92 Å². The summed E-state index contributed by atoms with van der Waals surface area (Å²) in [5.74, 6) is -1.25. The van der Waals surface area contributed by atoms with Crippen LogP contribution in [0.25, 0.3) is 22.2 Å². The van der Waals surface area contributed by atoms with Crippen LogP contribution in [0.3, 0.4) is 0 Å². The molecule has 5 rings (SSSR count). The number of Topliss-reactive ketones (excluding diaryl/α,β-unsaturated/α-hetero) is 1. The van der Waals surface area contributed by atoms with E-state index in [1.165, 1.54) is 56.7 Å².